The number of nitrogens with two attached hydrogens (primary N) is 1. The van der Waals surface area contributed by atoms with Crippen molar-refractivity contribution in [2.24, 2.45) is 0 Å². The Hall–Kier alpha value is -2.79. The highest BCUT2D eigenvalue weighted by atomic mass is 35.5. The fraction of sp³-hybridized carbons (Fsp3) is 0. The van der Waals surface area contributed by atoms with Crippen LogP contribution in [-0.2, 0) is 0 Å². The Kier molecular flexibility index (Phi) is 5.16. The van der Waals surface area contributed by atoms with Crippen LogP contribution in [0.4, 0.5) is 5.69 Å². The van der Waals surface area contributed by atoms with Gasteiger partial charge in [0.15, 0.2) is 0 Å². The minimum atomic E-state index is -0.988. The van der Waals surface area contributed by atoms with Crippen LogP contribution in [0.1, 0.15) is 10.4 Å². The van der Waals surface area contributed by atoms with Crippen molar-refractivity contribution in [3.05, 3.63) is 71.4 Å². The lowest BCUT2D eigenvalue weighted by atomic mass is 10.2. The molecule has 0 aliphatic carbocycles. The van der Waals surface area contributed by atoms with E-state index in [2.05, 4.69) is 5.16 Å². The van der Waals surface area contributed by atoms with Gasteiger partial charge in [-0.1, -0.05) is 47.1 Å². The van der Waals surface area contributed by atoms with Crippen molar-refractivity contribution in [3.63, 3.8) is 0 Å². The second-order valence-electron chi connectivity index (χ2n) is 4.26. The van der Waals surface area contributed by atoms with Gasteiger partial charge in [-0.25, -0.2) is 4.79 Å². The Labute approximate surface area is 131 Å². The molecule has 5 nitrogen and oxygen atoms in total. The van der Waals surface area contributed by atoms with Crippen molar-refractivity contribution in [3.8, 4) is 11.3 Å². The molecule has 0 fully saturated rings. The van der Waals surface area contributed by atoms with E-state index in [0.29, 0.717) is 10.7 Å². The molecule has 2 aromatic carbocycles. The molecule has 0 spiro atoms. The summed E-state index contributed by atoms with van der Waals surface area (Å²) in [5.41, 5.74) is 7.46. The Bertz CT molecular complexity index is 758. The number of benzene rings is 2. The lowest BCUT2D eigenvalue weighted by Crippen LogP contribution is -2.00. The number of carbonyl (C=O) groups is 1. The molecular formula is C16H13ClN2O3. The molecule has 112 valence electrons. The van der Waals surface area contributed by atoms with Crippen LogP contribution in [0.2, 0.25) is 5.02 Å². The van der Waals surface area contributed by atoms with Gasteiger partial charge in [0.2, 0.25) is 0 Å². The minimum Gasteiger partial charge on any atom is -0.478 e. The van der Waals surface area contributed by atoms with Crippen LogP contribution < -0.4 is 5.73 Å². The van der Waals surface area contributed by atoms with E-state index in [-0.39, 0.29) is 5.56 Å². The molecule has 0 amide bonds. The number of nitrogen functional groups attached to an aromatic ring is 1. The van der Waals surface area contributed by atoms with E-state index < -0.39 is 5.97 Å². The quantitative estimate of drug-likeness (QED) is 0.698. The summed E-state index contributed by atoms with van der Waals surface area (Å²) in [4.78, 5) is 10.3. The summed E-state index contributed by atoms with van der Waals surface area (Å²) in [7, 11) is 0. The van der Waals surface area contributed by atoms with Crippen LogP contribution >= 0.6 is 11.6 Å². The Balaban J connectivity index is 0.000000164. The van der Waals surface area contributed by atoms with E-state index in [4.69, 9.17) is 27.0 Å². The van der Waals surface area contributed by atoms with Gasteiger partial charge in [-0.3, -0.25) is 0 Å². The fourth-order valence-corrected chi connectivity index (χ4v) is 1.94. The number of hydrogen-bond donors (Lipinski definition) is 2. The molecule has 0 saturated carbocycles. The summed E-state index contributed by atoms with van der Waals surface area (Å²) < 4.78 is 4.72. The van der Waals surface area contributed by atoms with Crippen LogP contribution in [0, 0.1) is 0 Å². The number of carboxylic acid groups (broad SMARTS) is 1. The van der Waals surface area contributed by atoms with Crippen molar-refractivity contribution in [1.29, 1.82) is 0 Å². The third kappa shape index (κ3) is 3.86. The summed E-state index contributed by atoms with van der Waals surface area (Å²) in [5.74, 6) is -0.988. The number of hydrogen-bond acceptors (Lipinski definition) is 4. The zero-order valence-electron chi connectivity index (χ0n) is 11.4. The molecule has 3 rings (SSSR count). The monoisotopic (exact) mass is 316 g/mol. The number of aromatic nitrogens is 1. The Morgan fingerprint density at radius 2 is 1.77 bits per heavy atom. The number of aromatic carboxylic acids is 1. The highest BCUT2D eigenvalue weighted by Crippen LogP contribution is 2.25. The predicted molar refractivity (Wildman–Crippen MR) is 84.8 cm³/mol. The van der Waals surface area contributed by atoms with E-state index >= 15 is 0 Å². The SMILES string of the molecule is Clc1ccccc1-c1ccon1.Nc1ccccc1C(=O)O. The lowest BCUT2D eigenvalue weighted by molar-refractivity contribution is 0.0698. The molecule has 0 aliphatic rings. The second kappa shape index (κ2) is 7.28. The average Bonchev–Trinajstić information content (AvgIpc) is 3.02. The molecule has 3 aromatic rings. The molecule has 0 radical (unpaired) electrons. The lowest BCUT2D eigenvalue weighted by Gasteiger charge is -1.96. The van der Waals surface area contributed by atoms with Crippen LogP contribution in [0.5, 0.6) is 0 Å². The van der Waals surface area contributed by atoms with Crippen molar-refractivity contribution in [2.45, 2.75) is 0 Å². The zero-order valence-corrected chi connectivity index (χ0v) is 12.2. The van der Waals surface area contributed by atoms with Crippen LogP contribution in [0.25, 0.3) is 11.3 Å². The van der Waals surface area contributed by atoms with E-state index in [1.54, 1.807) is 24.3 Å². The molecule has 0 atom stereocenters. The predicted octanol–water partition coefficient (Wildman–Crippen LogP) is 3.96. The molecule has 22 heavy (non-hydrogen) atoms. The molecule has 6 heteroatoms. The molecule has 0 bridgehead atoms. The van der Waals surface area contributed by atoms with Gasteiger partial charge in [-0.15, -0.1) is 0 Å². The molecule has 0 unspecified atom stereocenters. The van der Waals surface area contributed by atoms with E-state index in [9.17, 15) is 4.79 Å². The van der Waals surface area contributed by atoms with Crippen LogP contribution in [0.3, 0.4) is 0 Å². The average molecular weight is 317 g/mol. The van der Waals surface area contributed by atoms with E-state index in [0.717, 1.165) is 11.3 Å². The van der Waals surface area contributed by atoms with Gasteiger partial charge in [-0.2, -0.15) is 0 Å². The first-order chi connectivity index (χ1) is 10.6. The number of halogens is 1. The maximum absolute atomic E-state index is 10.3. The van der Waals surface area contributed by atoms with E-state index in [1.807, 2.05) is 24.3 Å². The molecule has 0 saturated heterocycles. The number of anilines is 1. The maximum atomic E-state index is 10.3. The Morgan fingerprint density at radius 3 is 2.32 bits per heavy atom. The van der Waals surface area contributed by atoms with Crippen molar-refractivity contribution in [2.75, 3.05) is 5.73 Å². The van der Waals surface area contributed by atoms with Crippen molar-refractivity contribution >= 4 is 23.3 Å². The second-order valence-corrected chi connectivity index (χ2v) is 4.66. The third-order valence-electron chi connectivity index (χ3n) is 2.78. The first-order valence-corrected chi connectivity index (χ1v) is 6.70. The summed E-state index contributed by atoms with van der Waals surface area (Å²) in [5, 5.41) is 13.0. The van der Waals surface area contributed by atoms with E-state index in [1.165, 1.54) is 12.3 Å². The number of para-hydroxylation sites is 1. The van der Waals surface area contributed by atoms with Crippen LogP contribution in [0.15, 0.2) is 65.4 Å². The fourth-order valence-electron chi connectivity index (χ4n) is 1.71. The molecule has 1 aromatic heterocycles. The van der Waals surface area contributed by atoms with Crippen LogP contribution in [-0.4, -0.2) is 16.2 Å². The highest BCUT2D eigenvalue weighted by molar-refractivity contribution is 6.33. The van der Waals surface area contributed by atoms with Gasteiger partial charge in [0.05, 0.1) is 10.6 Å². The first kappa shape index (κ1) is 15.6. The summed E-state index contributed by atoms with van der Waals surface area (Å²) >= 11 is 5.93. The van der Waals surface area contributed by atoms with Gasteiger partial charge in [0.1, 0.15) is 12.0 Å². The minimum absolute atomic E-state index is 0.155. The normalized spacial score (nSPS) is 9.68. The van der Waals surface area contributed by atoms with Gasteiger partial charge in [0, 0.05) is 17.3 Å². The first-order valence-electron chi connectivity index (χ1n) is 6.32. The molecule has 3 N–H and O–H groups in total. The molecular weight excluding hydrogens is 304 g/mol. The molecule has 0 aliphatic heterocycles. The summed E-state index contributed by atoms with van der Waals surface area (Å²) in [6.45, 7) is 0. The molecule has 1 heterocycles. The van der Waals surface area contributed by atoms with Crippen molar-refractivity contribution < 1.29 is 14.4 Å². The third-order valence-corrected chi connectivity index (χ3v) is 3.11. The smallest absolute Gasteiger partial charge is 0.337 e. The van der Waals surface area contributed by atoms with Gasteiger partial charge in [-0.05, 0) is 18.2 Å². The zero-order chi connectivity index (χ0) is 15.9. The number of carboxylic acids is 1. The Morgan fingerprint density at radius 1 is 1.09 bits per heavy atom. The topological polar surface area (TPSA) is 89.4 Å². The van der Waals surface area contributed by atoms with Crippen molar-refractivity contribution in [1.82, 2.24) is 5.16 Å². The maximum Gasteiger partial charge on any atom is 0.337 e. The standard InChI is InChI=1S/C9H6ClNO.C7H7NO2/c10-8-4-2-1-3-7(8)9-5-6-12-11-9;8-6-4-2-1-3-5(6)7(9)10/h1-6H;1-4H,8H2,(H,9,10). The largest absolute Gasteiger partial charge is 0.478 e. The number of nitrogens with zero attached hydrogens (tertiary/aromatic N) is 1. The summed E-state index contributed by atoms with van der Waals surface area (Å²) in [6.07, 6.45) is 1.53. The van der Waals surface area contributed by atoms with Gasteiger partial charge in [0.25, 0.3) is 0 Å². The summed E-state index contributed by atoms with van der Waals surface area (Å²) in [6, 6.07) is 15.7. The van der Waals surface area contributed by atoms with Gasteiger partial charge >= 0.3 is 5.97 Å². The van der Waals surface area contributed by atoms with Gasteiger partial charge < -0.3 is 15.4 Å². The highest BCUT2D eigenvalue weighted by Gasteiger charge is 2.04. The number of rotatable bonds is 2.